The summed E-state index contributed by atoms with van der Waals surface area (Å²) in [6.45, 7) is 4.42. The summed E-state index contributed by atoms with van der Waals surface area (Å²) in [5, 5.41) is 1.32. The van der Waals surface area contributed by atoms with E-state index >= 15 is 0 Å². The van der Waals surface area contributed by atoms with E-state index in [-0.39, 0.29) is 6.04 Å². The highest BCUT2D eigenvalue weighted by molar-refractivity contribution is 5.85. The molecule has 2 aromatic heterocycles. The number of aromatic nitrogens is 2. The Kier molecular flexibility index (Phi) is 5.37. The quantitative estimate of drug-likeness (QED) is 0.455. The Morgan fingerprint density at radius 1 is 0.933 bits per heavy atom. The van der Waals surface area contributed by atoms with E-state index in [9.17, 15) is 0 Å². The standard InChI is InChI=1S/C27H29N3/c1-20-26(23-11-5-6-12-24(23)29-20)27(25-13-7-8-16-28-25)30-17-14-22(15-18-30)19-21-9-3-2-4-10-21/h2-13,16,22,27,29H,14-15,17-19H2,1H3/t27-/m0/s1. The van der Waals surface area contributed by atoms with Crippen LogP contribution < -0.4 is 0 Å². The summed E-state index contributed by atoms with van der Waals surface area (Å²) >= 11 is 0. The van der Waals surface area contributed by atoms with Crippen LogP contribution in [0, 0.1) is 12.8 Å². The van der Waals surface area contributed by atoms with E-state index in [4.69, 9.17) is 4.98 Å². The number of pyridine rings is 1. The van der Waals surface area contributed by atoms with E-state index in [1.807, 2.05) is 12.3 Å². The molecule has 1 fully saturated rings. The zero-order valence-corrected chi connectivity index (χ0v) is 17.6. The van der Waals surface area contributed by atoms with Gasteiger partial charge in [-0.15, -0.1) is 0 Å². The van der Waals surface area contributed by atoms with E-state index < -0.39 is 0 Å². The van der Waals surface area contributed by atoms with E-state index in [0.29, 0.717) is 0 Å². The van der Waals surface area contributed by atoms with Crippen LogP contribution in [0.3, 0.4) is 0 Å². The molecule has 0 amide bonds. The van der Waals surface area contributed by atoms with Gasteiger partial charge in [0.15, 0.2) is 0 Å². The lowest BCUT2D eigenvalue weighted by atomic mass is 9.88. The summed E-state index contributed by atoms with van der Waals surface area (Å²) in [6, 6.07) is 26.1. The maximum atomic E-state index is 4.79. The third kappa shape index (κ3) is 3.78. The van der Waals surface area contributed by atoms with Crippen LogP contribution in [0.25, 0.3) is 10.9 Å². The molecular formula is C27H29N3. The Bertz CT molecular complexity index is 1090. The number of fused-ring (bicyclic) bond motifs is 1. The Labute approximate surface area is 178 Å². The normalized spacial score (nSPS) is 16.7. The van der Waals surface area contributed by atoms with Crippen molar-refractivity contribution in [2.45, 2.75) is 32.2 Å². The maximum absolute atomic E-state index is 4.79. The molecular weight excluding hydrogens is 366 g/mol. The molecule has 30 heavy (non-hydrogen) atoms. The van der Waals surface area contributed by atoms with Gasteiger partial charge in [0.2, 0.25) is 0 Å². The fourth-order valence-electron chi connectivity index (χ4n) is 5.07. The monoisotopic (exact) mass is 395 g/mol. The molecule has 1 saturated heterocycles. The number of aromatic amines is 1. The van der Waals surface area contributed by atoms with Crippen LogP contribution in [-0.2, 0) is 6.42 Å². The van der Waals surface area contributed by atoms with Crippen molar-refractivity contribution >= 4 is 10.9 Å². The van der Waals surface area contributed by atoms with Crippen molar-refractivity contribution in [1.29, 1.82) is 0 Å². The number of hydrogen-bond donors (Lipinski definition) is 1. The van der Waals surface area contributed by atoms with Crippen molar-refractivity contribution in [3.05, 3.63) is 102 Å². The number of H-pyrrole nitrogens is 1. The first-order valence-electron chi connectivity index (χ1n) is 11.1. The molecule has 0 aliphatic carbocycles. The predicted molar refractivity (Wildman–Crippen MR) is 124 cm³/mol. The Morgan fingerprint density at radius 2 is 1.67 bits per heavy atom. The molecule has 3 heteroatoms. The predicted octanol–water partition coefficient (Wildman–Crippen LogP) is 5.92. The lowest BCUT2D eigenvalue weighted by Crippen LogP contribution is -2.38. The second-order valence-corrected chi connectivity index (χ2v) is 8.54. The van der Waals surface area contributed by atoms with Crippen molar-refractivity contribution < 1.29 is 0 Å². The van der Waals surface area contributed by atoms with E-state index in [2.05, 4.69) is 83.5 Å². The van der Waals surface area contributed by atoms with Crippen molar-refractivity contribution in [2.75, 3.05) is 13.1 Å². The van der Waals surface area contributed by atoms with Gasteiger partial charge in [0.25, 0.3) is 0 Å². The summed E-state index contributed by atoms with van der Waals surface area (Å²) in [6.07, 6.45) is 5.59. The number of para-hydroxylation sites is 1. The van der Waals surface area contributed by atoms with Gasteiger partial charge in [-0.25, -0.2) is 0 Å². The van der Waals surface area contributed by atoms with Gasteiger partial charge in [0.1, 0.15) is 0 Å². The van der Waals surface area contributed by atoms with Gasteiger partial charge >= 0.3 is 0 Å². The zero-order valence-electron chi connectivity index (χ0n) is 17.6. The molecule has 3 nitrogen and oxygen atoms in total. The fourth-order valence-corrected chi connectivity index (χ4v) is 5.07. The third-order valence-electron chi connectivity index (χ3n) is 6.57. The lowest BCUT2D eigenvalue weighted by Gasteiger charge is -2.38. The molecule has 0 radical (unpaired) electrons. The molecule has 3 heterocycles. The van der Waals surface area contributed by atoms with Crippen LogP contribution in [0.1, 0.15) is 41.4 Å². The first-order valence-corrected chi connectivity index (χ1v) is 11.1. The highest BCUT2D eigenvalue weighted by Gasteiger charge is 2.31. The molecule has 1 aliphatic rings. The number of nitrogens with one attached hydrogen (secondary N) is 1. The smallest absolute Gasteiger partial charge is 0.0799 e. The Morgan fingerprint density at radius 3 is 2.43 bits per heavy atom. The van der Waals surface area contributed by atoms with Crippen LogP contribution in [0.15, 0.2) is 79.0 Å². The number of likely N-dealkylation sites (tertiary alicyclic amines) is 1. The van der Waals surface area contributed by atoms with E-state index in [1.165, 1.54) is 47.0 Å². The van der Waals surface area contributed by atoms with E-state index in [1.54, 1.807) is 0 Å². The first kappa shape index (κ1) is 19.1. The van der Waals surface area contributed by atoms with Gasteiger partial charge in [-0.05, 0) is 69.0 Å². The third-order valence-corrected chi connectivity index (χ3v) is 6.57. The molecule has 0 saturated carbocycles. The minimum Gasteiger partial charge on any atom is -0.358 e. The maximum Gasteiger partial charge on any atom is 0.0799 e. The summed E-state index contributed by atoms with van der Waals surface area (Å²) in [5.74, 6) is 0.761. The summed E-state index contributed by atoms with van der Waals surface area (Å²) in [5.41, 5.74) is 6.45. The second-order valence-electron chi connectivity index (χ2n) is 8.54. The minimum absolute atomic E-state index is 0.194. The highest BCUT2D eigenvalue weighted by Crippen LogP contribution is 2.37. The topological polar surface area (TPSA) is 31.9 Å². The largest absolute Gasteiger partial charge is 0.358 e. The van der Waals surface area contributed by atoms with E-state index in [0.717, 1.165) is 24.7 Å². The molecule has 5 rings (SSSR count). The van der Waals surface area contributed by atoms with Gasteiger partial charge in [-0.1, -0.05) is 54.6 Å². The Hall–Kier alpha value is -2.91. The molecule has 1 aliphatic heterocycles. The fraction of sp³-hybridized carbons (Fsp3) is 0.296. The van der Waals surface area contributed by atoms with Crippen LogP contribution in [0.2, 0.25) is 0 Å². The SMILES string of the molecule is Cc1[nH]c2ccccc2c1[C@H](c1ccccn1)N1CCC(Cc2ccccc2)CC1. The average molecular weight is 396 g/mol. The Balaban J connectivity index is 1.43. The number of aryl methyl sites for hydroxylation is 1. The van der Waals surface area contributed by atoms with Gasteiger partial charge in [0.05, 0.1) is 11.7 Å². The molecule has 4 aromatic rings. The summed E-state index contributed by atoms with van der Waals surface area (Å²) in [7, 11) is 0. The van der Waals surface area contributed by atoms with Crippen LogP contribution in [0.5, 0.6) is 0 Å². The average Bonchev–Trinajstić information content (AvgIpc) is 3.12. The van der Waals surface area contributed by atoms with Crippen LogP contribution >= 0.6 is 0 Å². The van der Waals surface area contributed by atoms with Crippen LogP contribution in [0.4, 0.5) is 0 Å². The van der Waals surface area contributed by atoms with Crippen molar-refractivity contribution in [1.82, 2.24) is 14.9 Å². The summed E-state index contributed by atoms with van der Waals surface area (Å²) in [4.78, 5) is 11.0. The minimum atomic E-state index is 0.194. The molecule has 0 spiro atoms. The number of nitrogens with zero attached hydrogens (tertiary/aromatic N) is 2. The van der Waals surface area contributed by atoms with Crippen molar-refractivity contribution in [3.63, 3.8) is 0 Å². The number of benzene rings is 2. The zero-order chi connectivity index (χ0) is 20.3. The van der Waals surface area contributed by atoms with Crippen LogP contribution in [-0.4, -0.2) is 28.0 Å². The van der Waals surface area contributed by atoms with Gasteiger partial charge in [-0.3, -0.25) is 9.88 Å². The molecule has 0 bridgehead atoms. The van der Waals surface area contributed by atoms with Gasteiger partial charge < -0.3 is 4.98 Å². The molecule has 1 N–H and O–H groups in total. The lowest BCUT2D eigenvalue weighted by molar-refractivity contribution is 0.149. The van der Waals surface area contributed by atoms with Gasteiger partial charge in [-0.2, -0.15) is 0 Å². The number of hydrogen-bond acceptors (Lipinski definition) is 2. The molecule has 152 valence electrons. The highest BCUT2D eigenvalue weighted by atomic mass is 15.2. The first-order chi connectivity index (χ1) is 14.8. The van der Waals surface area contributed by atoms with Gasteiger partial charge in [0, 0.05) is 28.4 Å². The number of rotatable bonds is 5. The van der Waals surface area contributed by atoms with Crippen molar-refractivity contribution in [2.24, 2.45) is 5.92 Å². The molecule has 2 aromatic carbocycles. The summed E-state index contributed by atoms with van der Waals surface area (Å²) < 4.78 is 0. The number of piperidine rings is 1. The second kappa shape index (κ2) is 8.45. The molecule has 0 unspecified atom stereocenters. The van der Waals surface area contributed by atoms with Crippen molar-refractivity contribution in [3.8, 4) is 0 Å². The molecule has 1 atom stereocenters.